The highest BCUT2D eigenvalue weighted by atomic mass is 16.2. The molecule has 1 aromatic carbocycles. The predicted molar refractivity (Wildman–Crippen MR) is 97.4 cm³/mol. The SMILES string of the molecule is CN1C(=O)C2(CCCN(C(=O)c3nc4ncccn4n3)C2)c2ccccc21. The Hall–Kier alpha value is -3.29. The molecule has 8 nitrogen and oxygen atoms in total. The number of likely N-dealkylation sites (tertiary alicyclic amines) is 1. The molecule has 0 aliphatic carbocycles. The molecule has 0 N–H and O–H groups in total. The molecule has 4 heterocycles. The van der Waals surface area contributed by atoms with Crippen LogP contribution < -0.4 is 4.90 Å². The second kappa shape index (κ2) is 5.60. The van der Waals surface area contributed by atoms with E-state index in [4.69, 9.17) is 0 Å². The van der Waals surface area contributed by atoms with Gasteiger partial charge in [0, 0.05) is 38.2 Å². The summed E-state index contributed by atoms with van der Waals surface area (Å²) >= 11 is 0. The second-order valence-electron chi connectivity index (χ2n) is 7.09. The average molecular weight is 362 g/mol. The molecule has 3 aromatic rings. The van der Waals surface area contributed by atoms with Crippen LogP contribution in [0.1, 0.15) is 29.0 Å². The van der Waals surface area contributed by atoms with Crippen molar-refractivity contribution in [3.05, 3.63) is 54.1 Å². The summed E-state index contributed by atoms with van der Waals surface area (Å²) in [6, 6.07) is 9.57. The maximum Gasteiger partial charge on any atom is 0.293 e. The van der Waals surface area contributed by atoms with Crippen LogP contribution in [0.5, 0.6) is 0 Å². The highest BCUT2D eigenvalue weighted by Crippen LogP contribution is 2.46. The van der Waals surface area contributed by atoms with Gasteiger partial charge < -0.3 is 9.80 Å². The summed E-state index contributed by atoms with van der Waals surface area (Å²) < 4.78 is 1.48. The Balaban J connectivity index is 1.51. The van der Waals surface area contributed by atoms with Crippen molar-refractivity contribution in [3.8, 4) is 0 Å². The zero-order valence-electron chi connectivity index (χ0n) is 14.9. The molecule has 0 radical (unpaired) electrons. The Morgan fingerprint density at radius 1 is 1.22 bits per heavy atom. The highest BCUT2D eigenvalue weighted by molar-refractivity contribution is 6.08. The van der Waals surface area contributed by atoms with Crippen LogP contribution in [0.4, 0.5) is 5.69 Å². The number of benzene rings is 1. The van der Waals surface area contributed by atoms with E-state index in [2.05, 4.69) is 15.1 Å². The molecule has 0 saturated carbocycles. The quantitative estimate of drug-likeness (QED) is 0.651. The molecule has 8 heteroatoms. The van der Waals surface area contributed by atoms with Crippen LogP contribution in [0.15, 0.2) is 42.7 Å². The average Bonchev–Trinajstić information content (AvgIpc) is 3.23. The number of amides is 2. The summed E-state index contributed by atoms with van der Waals surface area (Å²) in [5.41, 5.74) is 1.24. The van der Waals surface area contributed by atoms with Gasteiger partial charge in [0.05, 0.1) is 5.41 Å². The first-order valence-corrected chi connectivity index (χ1v) is 8.94. The van der Waals surface area contributed by atoms with E-state index in [1.807, 2.05) is 24.3 Å². The van der Waals surface area contributed by atoms with E-state index in [1.54, 1.807) is 35.3 Å². The number of piperidine rings is 1. The van der Waals surface area contributed by atoms with Crippen LogP contribution in [0.3, 0.4) is 0 Å². The third-order valence-corrected chi connectivity index (χ3v) is 5.58. The number of aromatic nitrogens is 4. The van der Waals surface area contributed by atoms with Crippen molar-refractivity contribution in [2.45, 2.75) is 18.3 Å². The van der Waals surface area contributed by atoms with Gasteiger partial charge in [0.25, 0.3) is 11.7 Å². The van der Waals surface area contributed by atoms with Crippen molar-refractivity contribution in [1.82, 2.24) is 24.5 Å². The lowest BCUT2D eigenvalue weighted by Gasteiger charge is -2.39. The number of anilines is 1. The molecule has 2 aromatic heterocycles. The molecule has 2 amide bonds. The number of fused-ring (bicyclic) bond motifs is 3. The molecule has 2 aliphatic rings. The van der Waals surface area contributed by atoms with Gasteiger partial charge >= 0.3 is 0 Å². The van der Waals surface area contributed by atoms with Gasteiger partial charge in [-0.25, -0.2) is 9.50 Å². The van der Waals surface area contributed by atoms with Gasteiger partial charge in [0.15, 0.2) is 0 Å². The van der Waals surface area contributed by atoms with E-state index >= 15 is 0 Å². The lowest BCUT2D eigenvalue weighted by molar-refractivity contribution is -0.124. The first-order valence-electron chi connectivity index (χ1n) is 8.94. The number of para-hydroxylation sites is 1. The van der Waals surface area contributed by atoms with Crippen molar-refractivity contribution in [3.63, 3.8) is 0 Å². The zero-order valence-corrected chi connectivity index (χ0v) is 14.9. The van der Waals surface area contributed by atoms with Crippen LogP contribution in [-0.4, -0.2) is 56.4 Å². The smallest absolute Gasteiger partial charge is 0.293 e. The maximum absolute atomic E-state index is 13.1. The summed E-state index contributed by atoms with van der Waals surface area (Å²) in [6.07, 6.45) is 4.80. The normalized spacial score (nSPS) is 21.9. The third-order valence-electron chi connectivity index (χ3n) is 5.58. The summed E-state index contributed by atoms with van der Waals surface area (Å²) in [5, 5.41) is 4.24. The van der Waals surface area contributed by atoms with Gasteiger partial charge in [-0.3, -0.25) is 9.59 Å². The largest absolute Gasteiger partial charge is 0.334 e. The topological polar surface area (TPSA) is 83.7 Å². The van der Waals surface area contributed by atoms with Crippen molar-refractivity contribution in [1.29, 1.82) is 0 Å². The van der Waals surface area contributed by atoms with Crippen LogP contribution in [0.2, 0.25) is 0 Å². The molecule has 1 atom stereocenters. The van der Waals surface area contributed by atoms with E-state index < -0.39 is 5.41 Å². The molecule has 27 heavy (non-hydrogen) atoms. The fourth-order valence-corrected chi connectivity index (χ4v) is 4.30. The zero-order chi connectivity index (χ0) is 18.6. The molecule has 1 fully saturated rings. The van der Waals surface area contributed by atoms with Crippen molar-refractivity contribution >= 4 is 23.3 Å². The van der Waals surface area contributed by atoms with Crippen molar-refractivity contribution in [2.24, 2.45) is 0 Å². The number of carbonyl (C=O) groups excluding carboxylic acids is 2. The fraction of sp³-hybridized carbons (Fsp3) is 0.316. The molecule has 1 spiro atoms. The minimum absolute atomic E-state index is 0.0471. The van der Waals surface area contributed by atoms with Crippen molar-refractivity contribution in [2.75, 3.05) is 25.0 Å². The molecule has 5 rings (SSSR count). The first-order chi connectivity index (χ1) is 13.1. The Labute approximate surface area is 155 Å². The lowest BCUT2D eigenvalue weighted by Crippen LogP contribution is -2.53. The number of nitrogens with zero attached hydrogens (tertiary/aromatic N) is 6. The molecule has 136 valence electrons. The first kappa shape index (κ1) is 15.9. The van der Waals surface area contributed by atoms with Gasteiger partial charge in [0.1, 0.15) is 0 Å². The summed E-state index contributed by atoms with van der Waals surface area (Å²) in [7, 11) is 1.80. The molecule has 2 aliphatic heterocycles. The Kier molecular flexibility index (Phi) is 3.30. The number of rotatable bonds is 1. The Morgan fingerprint density at radius 3 is 2.93 bits per heavy atom. The van der Waals surface area contributed by atoms with Crippen LogP contribution in [0, 0.1) is 0 Å². The second-order valence-corrected chi connectivity index (χ2v) is 7.09. The third kappa shape index (κ3) is 2.19. The summed E-state index contributed by atoms with van der Waals surface area (Å²) in [6.45, 7) is 0.928. The van der Waals surface area contributed by atoms with Crippen LogP contribution in [-0.2, 0) is 10.2 Å². The highest BCUT2D eigenvalue weighted by Gasteiger charge is 2.52. The molecular formula is C19H18N6O2. The Bertz CT molecular complexity index is 1040. The molecular weight excluding hydrogens is 344 g/mol. The van der Waals surface area contributed by atoms with Gasteiger partial charge in [-0.15, -0.1) is 5.10 Å². The number of likely N-dealkylation sites (N-methyl/N-ethyl adjacent to an activating group) is 1. The summed E-state index contributed by atoms with van der Waals surface area (Å²) in [5.74, 6) is 0.276. The van der Waals surface area contributed by atoms with Crippen LogP contribution >= 0.6 is 0 Å². The standard InChI is InChI=1S/C19H18N6O2/c1-23-14-7-3-2-6-13(14)19(17(23)27)8-4-10-24(12-19)16(26)15-21-18-20-9-5-11-25(18)22-15/h2-3,5-7,9,11H,4,8,10,12H2,1H3. The van der Waals surface area contributed by atoms with Crippen molar-refractivity contribution < 1.29 is 9.59 Å². The van der Waals surface area contributed by atoms with Gasteiger partial charge in [-0.2, -0.15) is 4.98 Å². The predicted octanol–water partition coefficient (Wildman–Crippen LogP) is 1.27. The number of carbonyl (C=O) groups is 2. The van der Waals surface area contributed by atoms with Gasteiger partial charge in [-0.1, -0.05) is 18.2 Å². The minimum Gasteiger partial charge on any atom is -0.334 e. The fourth-order valence-electron chi connectivity index (χ4n) is 4.30. The van der Waals surface area contributed by atoms with Crippen LogP contribution in [0.25, 0.3) is 5.78 Å². The summed E-state index contributed by atoms with van der Waals surface area (Å²) in [4.78, 5) is 37.9. The van der Waals surface area contributed by atoms with E-state index in [0.717, 1.165) is 24.1 Å². The van der Waals surface area contributed by atoms with E-state index in [1.165, 1.54) is 4.52 Å². The molecule has 1 unspecified atom stereocenters. The lowest BCUT2D eigenvalue weighted by atomic mass is 9.75. The maximum atomic E-state index is 13.1. The number of hydrogen-bond donors (Lipinski definition) is 0. The Morgan fingerprint density at radius 2 is 2.07 bits per heavy atom. The van der Waals surface area contributed by atoms with E-state index in [0.29, 0.717) is 18.9 Å². The minimum atomic E-state index is -0.684. The molecule has 0 bridgehead atoms. The number of hydrogen-bond acceptors (Lipinski definition) is 5. The van der Waals surface area contributed by atoms with Gasteiger partial charge in [0.2, 0.25) is 11.7 Å². The molecule has 1 saturated heterocycles. The monoisotopic (exact) mass is 362 g/mol. The van der Waals surface area contributed by atoms with E-state index in [-0.39, 0.29) is 17.6 Å². The van der Waals surface area contributed by atoms with E-state index in [9.17, 15) is 9.59 Å². The van der Waals surface area contributed by atoms with Gasteiger partial charge in [-0.05, 0) is 30.5 Å².